The zero-order valence-electron chi connectivity index (χ0n) is 41.7. The number of rotatable bonds is 45. The van der Waals surface area contributed by atoms with E-state index < -0.39 is 6.10 Å². The van der Waals surface area contributed by atoms with Crippen LogP contribution in [0.4, 0.5) is 0 Å². The molecule has 0 radical (unpaired) electrons. The fraction of sp³-hybridized carbons (Fsp3) is 0.610. The summed E-state index contributed by atoms with van der Waals surface area (Å²) < 4.78 is 16.7. The lowest BCUT2D eigenvalue weighted by Gasteiger charge is -2.18. The van der Waals surface area contributed by atoms with Gasteiger partial charge in [-0.25, -0.2) is 0 Å². The topological polar surface area (TPSA) is 78.9 Å². The number of ether oxygens (including phenoxy) is 3. The van der Waals surface area contributed by atoms with Gasteiger partial charge in [0.15, 0.2) is 6.10 Å². The second kappa shape index (κ2) is 52.4. The fourth-order valence-electron chi connectivity index (χ4n) is 6.62. The molecule has 0 saturated heterocycles. The summed E-state index contributed by atoms with van der Waals surface area (Å²) in [6.07, 6.45) is 71.9. The first-order valence-corrected chi connectivity index (χ1v) is 26.0. The first-order chi connectivity index (χ1) is 32.0. The number of hydrogen-bond donors (Lipinski definition) is 0. The maximum atomic E-state index is 12.8. The molecule has 0 aromatic heterocycles. The molecule has 0 fully saturated rings. The molecule has 0 aliphatic carbocycles. The van der Waals surface area contributed by atoms with Crippen LogP contribution in [-0.4, -0.2) is 37.2 Å². The van der Waals surface area contributed by atoms with E-state index in [9.17, 15) is 14.4 Å². The van der Waals surface area contributed by atoms with Crippen LogP contribution < -0.4 is 0 Å². The molecule has 0 aliphatic rings. The summed E-state index contributed by atoms with van der Waals surface area (Å²) in [6.45, 7) is 6.31. The summed E-state index contributed by atoms with van der Waals surface area (Å²) in [4.78, 5) is 37.9. The molecule has 1 atom stereocenters. The van der Waals surface area contributed by atoms with Gasteiger partial charge in [-0.2, -0.15) is 0 Å². The van der Waals surface area contributed by atoms with Crippen LogP contribution in [-0.2, 0) is 28.6 Å². The number of hydrogen-bond acceptors (Lipinski definition) is 6. The molecule has 366 valence electrons. The van der Waals surface area contributed by atoms with Gasteiger partial charge in [0.2, 0.25) is 0 Å². The Labute approximate surface area is 399 Å². The third-order valence-corrected chi connectivity index (χ3v) is 10.5. The summed E-state index contributed by atoms with van der Waals surface area (Å²) in [5.74, 6) is -0.995. The van der Waals surface area contributed by atoms with Gasteiger partial charge < -0.3 is 14.2 Å². The number of unbranched alkanes of at least 4 members (excludes halogenated alkanes) is 14. The number of allylic oxidation sites excluding steroid dienone is 20. The van der Waals surface area contributed by atoms with E-state index in [0.717, 1.165) is 128 Å². The van der Waals surface area contributed by atoms with Crippen LogP contribution in [0.5, 0.6) is 0 Å². The zero-order chi connectivity index (χ0) is 47.2. The highest BCUT2D eigenvalue weighted by Crippen LogP contribution is 2.13. The maximum absolute atomic E-state index is 12.8. The van der Waals surface area contributed by atoms with Crippen molar-refractivity contribution in [3.63, 3.8) is 0 Å². The van der Waals surface area contributed by atoms with Gasteiger partial charge in [-0.15, -0.1) is 0 Å². The maximum Gasteiger partial charge on any atom is 0.306 e. The molecule has 0 aromatic rings. The fourth-order valence-corrected chi connectivity index (χ4v) is 6.62. The SMILES string of the molecule is CC/C=C\C/C=C\C/C=C\C/C=C\C/C=C\C/C=C\C/C=C\CCCC(=O)OCC(COC(=O)CCCCCCCCCCC)OC(=O)CCCCCCC/C=C\C/C=C\C/C=C\CC. The molecule has 0 heterocycles. The Morgan fingerprint density at radius 1 is 0.323 bits per heavy atom. The molecule has 0 saturated carbocycles. The average molecular weight is 899 g/mol. The average Bonchev–Trinajstić information content (AvgIpc) is 3.30. The molecule has 0 aromatic carbocycles. The van der Waals surface area contributed by atoms with Crippen molar-refractivity contribution in [1.82, 2.24) is 0 Å². The minimum atomic E-state index is -0.811. The van der Waals surface area contributed by atoms with Crippen molar-refractivity contribution in [2.75, 3.05) is 13.2 Å². The van der Waals surface area contributed by atoms with E-state index in [1.165, 1.54) is 38.5 Å². The van der Waals surface area contributed by atoms with Gasteiger partial charge >= 0.3 is 17.9 Å². The monoisotopic (exact) mass is 899 g/mol. The first kappa shape index (κ1) is 60.8. The lowest BCUT2D eigenvalue weighted by molar-refractivity contribution is -0.167. The van der Waals surface area contributed by atoms with Crippen molar-refractivity contribution >= 4 is 17.9 Å². The van der Waals surface area contributed by atoms with Gasteiger partial charge in [-0.1, -0.05) is 213 Å². The second-order valence-corrected chi connectivity index (χ2v) is 16.7. The van der Waals surface area contributed by atoms with Crippen LogP contribution in [0.1, 0.15) is 213 Å². The molecule has 0 N–H and O–H groups in total. The van der Waals surface area contributed by atoms with Crippen LogP contribution in [0.2, 0.25) is 0 Å². The van der Waals surface area contributed by atoms with E-state index >= 15 is 0 Å². The number of carbonyl (C=O) groups is 3. The highest BCUT2D eigenvalue weighted by atomic mass is 16.6. The summed E-state index contributed by atoms with van der Waals surface area (Å²) >= 11 is 0. The van der Waals surface area contributed by atoms with Crippen LogP contribution in [0.25, 0.3) is 0 Å². The predicted octanol–water partition coefficient (Wildman–Crippen LogP) is 17.3. The second-order valence-electron chi connectivity index (χ2n) is 16.7. The van der Waals surface area contributed by atoms with Crippen molar-refractivity contribution in [2.45, 2.75) is 219 Å². The Hall–Kier alpha value is -4.19. The van der Waals surface area contributed by atoms with Crippen LogP contribution >= 0.6 is 0 Å². The van der Waals surface area contributed by atoms with E-state index in [1.54, 1.807) is 0 Å². The third kappa shape index (κ3) is 50.7. The van der Waals surface area contributed by atoms with Gasteiger partial charge in [0.25, 0.3) is 0 Å². The van der Waals surface area contributed by atoms with E-state index in [4.69, 9.17) is 14.2 Å². The Balaban J connectivity index is 4.45. The zero-order valence-corrected chi connectivity index (χ0v) is 41.7. The molecule has 0 amide bonds. The molecule has 0 rings (SSSR count). The van der Waals surface area contributed by atoms with E-state index in [-0.39, 0.29) is 37.5 Å². The van der Waals surface area contributed by atoms with Gasteiger partial charge in [-0.3, -0.25) is 14.4 Å². The Morgan fingerprint density at radius 3 is 1.00 bits per heavy atom. The standard InChI is InChI=1S/C59H94O6/c1-4-7-10-13-16-19-21-23-25-26-27-28-29-30-31-32-34-35-37-40-43-46-49-52-58(61)64-55-56(54-63-57(60)51-48-45-42-39-18-15-12-9-6-3)65-59(62)53-50-47-44-41-38-36-33-24-22-20-17-14-11-8-5-2/h7-8,10-11,16-17,19-20,23-25,27-28,30-31,33-35,40,43,56H,4-6,9,12-15,18,21-22,26,29,32,36-39,41-42,44-55H2,1-3H3/b10-7-,11-8-,19-16-,20-17-,25-23-,28-27-,31-30-,33-24-,35-34-,43-40-. The minimum Gasteiger partial charge on any atom is -0.462 e. The smallest absolute Gasteiger partial charge is 0.306 e. The van der Waals surface area contributed by atoms with Crippen LogP contribution in [0.3, 0.4) is 0 Å². The van der Waals surface area contributed by atoms with E-state index in [1.807, 2.05) is 0 Å². The Morgan fingerprint density at radius 2 is 0.615 bits per heavy atom. The van der Waals surface area contributed by atoms with Gasteiger partial charge in [-0.05, 0) is 103 Å². The highest BCUT2D eigenvalue weighted by molar-refractivity contribution is 5.71. The molecule has 65 heavy (non-hydrogen) atoms. The Bertz CT molecular complexity index is 1400. The minimum absolute atomic E-state index is 0.105. The summed E-state index contributed by atoms with van der Waals surface area (Å²) in [7, 11) is 0. The van der Waals surface area contributed by atoms with Crippen LogP contribution in [0.15, 0.2) is 122 Å². The van der Waals surface area contributed by atoms with Gasteiger partial charge in [0.1, 0.15) is 13.2 Å². The lowest BCUT2D eigenvalue weighted by Crippen LogP contribution is -2.30. The first-order valence-electron chi connectivity index (χ1n) is 26.0. The third-order valence-electron chi connectivity index (χ3n) is 10.5. The molecule has 1 unspecified atom stereocenters. The predicted molar refractivity (Wildman–Crippen MR) is 279 cm³/mol. The van der Waals surface area contributed by atoms with Gasteiger partial charge in [0, 0.05) is 19.3 Å². The molecule has 0 spiro atoms. The van der Waals surface area contributed by atoms with E-state index in [0.29, 0.717) is 19.3 Å². The van der Waals surface area contributed by atoms with Crippen molar-refractivity contribution in [2.24, 2.45) is 0 Å². The summed E-state index contributed by atoms with van der Waals surface area (Å²) in [5, 5.41) is 0. The molecule has 6 nitrogen and oxygen atoms in total. The number of esters is 3. The van der Waals surface area contributed by atoms with Crippen molar-refractivity contribution < 1.29 is 28.6 Å². The quantitative estimate of drug-likeness (QED) is 0.0262. The van der Waals surface area contributed by atoms with Crippen molar-refractivity contribution in [1.29, 1.82) is 0 Å². The highest BCUT2D eigenvalue weighted by Gasteiger charge is 2.19. The lowest BCUT2D eigenvalue weighted by atomic mass is 10.1. The summed E-state index contributed by atoms with van der Waals surface area (Å²) in [5.41, 5.74) is 0. The van der Waals surface area contributed by atoms with E-state index in [2.05, 4.69) is 142 Å². The molecule has 0 bridgehead atoms. The summed E-state index contributed by atoms with van der Waals surface area (Å²) in [6, 6.07) is 0. The van der Waals surface area contributed by atoms with Gasteiger partial charge in [0.05, 0.1) is 0 Å². The molecular weight excluding hydrogens is 805 g/mol. The van der Waals surface area contributed by atoms with Crippen molar-refractivity contribution in [3.05, 3.63) is 122 Å². The number of carbonyl (C=O) groups excluding carboxylic acids is 3. The Kier molecular flexibility index (Phi) is 49.1. The van der Waals surface area contributed by atoms with Crippen LogP contribution in [0, 0.1) is 0 Å². The largest absolute Gasteiger partial charge is 0.462 e. The molecular formula is C59H94O6. The molecule has 6 heteroatoms. The molecule has 0 aliphatic heterocycles. The normalized spacial score (nSPS) is 13.1. The van der Waals surface area contributed by atoms with Crippen molar-refractivity contribution in [3.8, 4) is 0 Å².